The van der Waals surface area contributed by atoms with Crippen LogP contribution in [0.5, 0.6) is 0 Å². The molecule has 0 aromatic rings. The fourth-order valence-corrected chi connectivity index (χ4v) is 1.20. The lowest BCUT2D eigenvalue weighted by Crippen LogP contribution is -2.42. The van der Waals surface area contributed by atoms with E-state index >= 15 is 0 Å². The highest BCUT2D eigenvalue weighted by Gasteiger charge is 2.13. The van der Waals surface area contributed by atoms with Gasteiger partial charge < -0.3 is 15.3 Å². The molecule has 6 heteroatoms. The number of carbonyl (C=O) groups is 2. The van der Waals surface area contributed by atoms with E-state index < -0.39 is 5.97 Å². The Bertz CT molecular complexity index is 231. The lowest BCUT2D eigenvalue weighted by molar-refractivity contribution is -0.138. The van der Waals surface area contributed by atoms with Crippen LogP contribution in [0.4, 0.5) is 0 Å². The number of carboxylic acid groups (broad SMARTS) is 1. The van der Waals surface area contributed by atoms with E-state index in [1.165, 1.54) is 0 Å². The predicted octanol–water partition coefficient (Wildman–Crippen LogP) is -0.929. The fraction of sp³-hybridized carbons (Fsp3) is 0.800. The van der Waals surface area contributed by atoms with Gasteiger partial charge in [-0.3, -0.25) is 14.5 Å². The molecule has 0 aliphatic heterocycles. The molecule has 0 rings (SSSR count). The molecule has 2 N–H and O–H groups in total. The molecule has 0 bridgehead atoms. The maximum absolute atomic E-state index is 11.3. The van der Waals surface area contributed by atoms with E-state index in [4.69, 9.17) is 5.11 Å². The Morgan fingerprint density at radius 2 is 1.81 bits per heavy atom. The van der Waals surface area contributed by atoms with Crippen molar-refractivity contribution < 1.29 is 14.7 Å². The Labute approximate surface area is 96.2 Å². The van der Waals surface area contributed by atoms with Gasteiger partial charge in [-0.25, -0.2) is 0 Å². The van der Waals surface area contributed by atoms with Crippen LogP contribution in [0.2, 0.25) is 0 Å². The fourth-order valence-electron chi connectivity index (χ4n) is 1.20. The molecule has 0 radical (unpaired) electrons. The van der Waals surface area contributed by atoms with E-state index in [0.717, 1.165) is 6.54 Å². The number of aliphatic carboxylic acids is 1. The standard InChI is InChI=1S/C10H21N3O3/c1-4-11-9(14)7-13(8-10(15)16)6-5-12(2)3/h4-8H2,1-3H3,(H,11,14)(H,15,16). The predicted molar refractivity (Wildman–Crippen MR) is 61.3 cm³/mol. The van der Waals surface area contributed by atoms with Gasteiger partial charge in [0.15, 0.2) is 0 Å². The average Bonchev–Trinajstić information content (AvgIpc) is 2.13. The van der Waals surface area contributed by atoms with Crippen LogP contribution in [-0.4, -0.2) is 73.6 Å². The number of hydrogen-bond acceptors (Lipinski definition) is 4. The lowest BCUT2D eigenvalue weighted by Gasteiger charge is -2.21. The zero-order valence-electron chi connectivity index (χ0n) is 10.2. The second-order valence-corrected chi connectivity index (χ2v) is 3.86. The molecule has 0 spiro atoms. The molecule has 0 aliphatic carbocycles. The van der Waals surface area contributed by atoms with E-state index in [1.807, 2.05) is 25.9 Å². The van der Waals surface area contributed by atoms with Crippen LogP contribution in [0.15, 0.2) is 0 Å². The van der Waals surface area contributed by atoms with Gasteiger partial charge in [0.05, 0.1) is 13.1 Å². The largest absolute Gasteiger partial charge is 0.480 e. The van der Waals surface area contributed by atoms with Crippen molar-refractivity contribution in [3.05, 3.63) is 0 Å². The number of rotatable bonds is 8. The van der Waals surface area contributed by atoms with Crippen LogP contribution in [0.1, 0.15) is 6.92 Å². The number of carboxylic acids is 1. The first kappa shape index (κ1) is 14.9. The van der Waals surface area contributed by atoms with Crippen molar-refractivity contribution >= 4 is 11.9 Å². The van der Waals surface area contributed by atoms with Gasteiger partial charge in [-0.2, -0.15) is 0 Å². The van der Waals surface area contributed by atoms with E-state index in [1.54, 1.807) is 4.90 Å². The zero-order chi connectivity index (χ0) is 12.6. The van der Waals surface area contributed by atoms with Crippen molar-refractivity contribution in [3.8, 4) is 0 Å². The van der Waals surface area contributed by atoms with Crippen molar-refractivity contribution in [2.45, 2.75) is 6.92 Å². The number of nitrogens with one attached hydrogen (secondary N) is 1. The second-order valence-electron chi connectivity index (χ2n) is 3.86. The summed E-state index contributed by atoms with van der Waals surface area (Å²) in [5, 5.41) is 11.4. The third kappa shape index (κ3) is 8.19. The SMILES string of the molecule is CCNC(=O)CN(CCN(C)C)CC(=O)O. The van der Waals surface area contributed by atoms with Gasteiger partial charge in [-0.15, -0.1) is 0 Å². The summed E-state index contributed by atoms with van der Waals surface area (Å²) < 4.78 is 0. The Morgan fingerprint density at radius 1 is 1.19 bits per heavy atom. The Morgan fingerprint density at radius 3 is 2.25 bits per heavy atom. The minimum atomic E-state index is -0.914. The topological polar surface area (TPSA) is 72.9 Å². The van der Waals surface area contributed by atoms with Crippen LogP contribution < -0.4 is 5.32 Å². The van der Waals surface area contributed by atoms with Crippen LogP contribution in [0.25, 0.3) is 0 Å². The molecule has 0 aromatic heterocycles. The summed E-state index contributed by atoms with van der Waals surface area (Å²) in [5.74, 6) is -1.05. The van der Waals surface area contributed by atoms with Crippen molar-refractivity contribution in [1.29, 1.82) is 0 Å². The molecular formula is C10H21N3O3. The molecule has 6 nitrogen and oxygen atoms in total. The Kier molecular flexibility index (Phi) is 7.49. The van der Waals surface area contributed by atoms with E-state index in [0.29, 0.717) is 13.1 Å². The number of amides is 1. The van der Waals surface area contributed by atoms with Gasteiger partial charge in [-0.05, 0) is 21.0 Å². The van der Waals surface area contributed by atoms with Gasteiger partial charge >= 0.3 is 5.97 Å². The van der Waals surface area contributed by atoms with E-state index in [9.17, 15) is 9.59 Å². The molecule has 0 aliphatic rings. The highest BCUT2D eigenvalue weighted by atomic mass is 16.4. The Balaban J connectivity index is 4.08. The summed E-state index contributed by atoms with van der Waals surface area (Å²) >= 11 is 0. The minimum Gasteiger partial charge on any atom is -0.480 e. The summed E-state index contributed by atoms with van der Waals surface area (Å²) in [6.45, 7) is 3.72. The first-order valence-corrected chi connectivity index (χ1v) is 5.31. The normalized spacial score (nSPS) is 10.8. The third-order valence-corrected chi connectivity index (χ3v) is 1.96. The third-order valence-electron chi connectivity index (χ3n) is 1.96. The minimum absolute atomic E-state index is 0.106. The van der Waals surface area contributed by atoms with Crippen molar-refractivity contribution in [2.75, 3.05) is 46.8 Å². The van der Waals surface area contributed by atoms with Crippen LogP contribution in [0.3, 0.4) is 0 Å². The molecule has 0 unspecified atom stereocenters. The summed E-state index contributed by atoms with van der Waals surface area (Å²) in [5.41, 5.74) is 0. The molecule has 0 heterocycles. The quantitative estimate of drug-likeness (QED) is 0.565. The second kappa shape index (κ2) is 8.06. The molecule has 0 fully saturated rings. The van der Waals surface area contributed by atoms with E-state index in [2.05, 4.69) is 5.32 Å². The first-order chi connectivity index (χ1) is 7.45. The van der Waals surface area contributed by atoms with Gasteiger partial charge in [0.25, 0.3) is 0 Å². The van der Waals surface area contributed by atoms with Crippen molar-refractivity contribution in [3.63, 3.8) is 0 Å². The molecular weight excluding hydrogens is 210 g/mol. The summed E-state index contributed by atoms with van der Waals surface area (Å²) in [4.78, 5) is 25.5. The maximum atomic E-state index is 11.3. The highest BCUT2D eigenvalue weighted by Crippen LogP contribution is 1.89. The summed E-state index contributed by atoms with van der Waals surface area (Å²) in [7, 11) is 3.82. The van der Waals surface area contributed by atoms with Crippen LogP contribution in [-0.2, 0) is 9.59 Å². The summed E-state index contributed by atoms with van der Waals surface area (Å²) in [6, 6.07) is 0. The number of nitrogens with zero attached hydrogens (tertiary/aromatic N) is 2. The van der Waals surface area contributed by atoms with Gasteiger partial charge in [-0.1, -0.05) is 0 Å². The molecule has 0 atom stereocenters. The monoisotopic (exact) mass is 231 g/mol. The smallest absolute Gasteiger partial charge is 0.317 e. The van der Waals surface area contributed by atoms with Gasteiger partial charge in [0.2, 0.25) is 5.91 Å². The first-order valence-electron chi connectivity index (χ1n) is 5.31. The maximum Gasteiger partial charge on any atom is 0.317 e. The van der Waals surface area contributed by atoms with E-state index in [-0.39, 0.29) is 19.0 Å². The Hall–Kier alpha value is -1.14. The molecule has 0 saturated carbocycles. The number of hydrogen-bond donors (Lipinski definition) is 2. The number of likely N-dealkylation sites (N-methyl/N-ethyl adjacent to an activating group) is 2. The van der Waals surface area contributed by atoms with Crippen molar-refractivity contribution in [1.82, 2.24) is 15.1 Å². The number of carbonyl (C=O) groups excluding carboxylic acids is 1. The van der Waals surface area contributed by atoms with Gasteiger partial charge in [0, 0.05) is 19.6 Å². The zero-order valence-corrected chi connectivity index (χ0v) is 10.2. The van der Waals surface area contributed by atoms with Crippen LogP contribution in [0, 0.1) is 0 Å². The molecule has 16 heavy (non-hydrogen) atoms. The lowest BCUT2D eigenvalue weighted by atomic mass is 10.4. The van der Waals surface area contributed by atoms with Crippen molar-refractivity contribution in [2.24, 2.45) is 0 Å². The molecule has 0 aromatic carbocycles. The van der Waals surface area contributed by atoms with Gasteiger partial charge in [0.1, 0.15) is 0 Å². The summed E-state index contributed by atoms with van der Waals surface area (Å²) in [6.07, 6.45) is 0. The molecule has 0 saturated heterocycles. The average molecular weight is 231 g/mol. The molecule has 94 valence electrons. The van der Waals surface area contributed by atoms with Crippen LogP contribution >= 0.6 is 0 Å². The highest BCUT2D eigenvalue weighted by molar-refractivity contribution is 5.78. The molecule has 1 amide bonds.